The van der Waals surface area contributed by atoms with Gasteiger partial charge in [0.2, 0.25) is 5.88 Å². The third kappa shape index (κ3) is 5.69. The van der Waals surface area contributed by atoms with Crippen LogP contribution in [-0.4, -0.2) is 19.6 Å². The van der Waals surface area contributed by atoms with Crippen LogP contribution in [0.3, 0.4) is 0 Å². The second-order valence-corrected chi connectivity index (χ2v) is 13.7. The van der Waals surface area contributed by atoms with Crippen LogP contribution < -0.4 is 4.74 Å². The maximum Gasteiger partial charge on any atom is 0.217 e. The fraction of sp³-hybridized carbons (Fsp3) is 0.200. The summed E-state index contributed by atoms with van der Waals surface area (Å²) in [4.78, 5) is 9.63. The molecule has 0 atom stereocenters. The van der Waals surface area contributed by atoms with Crippen molar-refractivity contribution in [2.75, 3.05) is 0 Å². The van der Waals surface area contributed by atoms with Gasteiger partial charge in [-0.15, -0.1) is 17.5 Å². The van der Waals surface area contributed by atoms with Crippen LogP contribution in [0.25, 0.3) is 49.7 Å². The number of nitrogens with zero attached hydrogens (tertiary/aromatic N) is 3. The van der Waals surface area contributed by atoms with Gasteiger partial charge < -0.3 is 14.4 Å². The topological polar surface area (TPSA) is 60.2 Å². The summed E-state index contributed by atoms with van der Waals surface area (Å²) < 4.78 is 8.45. The molecule has 3 aromatic heterocycles. The number of phenolic OH excluding ortho intramolecular Hbond substituents is 1. The van der Waals surface area contributed by atoms with Crippen molar-refractivity contribution in [3.8, 4) is 34.3 Å². The van der Waals surface area contributed by atoms with E-state index >= 15 is 0 Å². The molecule has 0 bridgehead atoms. The van der Waals surface area contributed by atoms with Crippen LogP contribution in [0.4, 0.5) is 0 Å². The number of rotatable bonds is 4. The largest absolute Gasteiger partial charge is 0.506 e. The number of hydrogen-bond acceptors (Lipinski definition) is 4. The first-order valence-corrected chi connectivity index (χ1v) is 15.3. The average Bonchev–Trinajstić information content (AvgIpc) is 3.34. The molecule has 0 aliphatic rings. The third-order valence-electron chi connectivity index (χ3n) is 8.43. The van der Waals surface area contributed by atoms with Crippen LogP contribution in [0.1, 0.15) is 52.7 Å². The zero-order chi connectivity index (χ0) is 31.5. The molecule has 0 aliphatic heterocycles. The van der Waals surface area contributed by atoms with E-state index in [0.29, 0.717) is 17.1 Å². The number of pyridine rings is 2. The Kier molecular flexibility index (Phi) is 8.02. The Morgan fingerprint density at radius 1 is 0.717 bits per heavy atom. The molecule has 0 unspecified atom stereocenters. The van der Waals surface area contributed by atoms with Gasteiger partial charge in [-0.05, 0) is 63.2 Å². The number of hydrogen-bond donors (Lipinski definition) is 1. The van der Waals surface area contributed by atoms with Crippen molar-refractivity contribution in [1.29, 1.82) is 0 Å². The maximum atomic E-state index is 10.7. The van der Waals surface area contributed by atoms with E-state index in [2.05, 4.69) is 101 Å². The molecule has 1 N–H and O–H groups in total. The van der Waals surface area contributed by atoms with E-state index in [1.165, 1.54) is 5.56 Å². The van der Waals surface area contributed by atoms with Gasteiger partial charge in [-0.1, -0.05) is 95.6 Å². The van der Waals surface area contributed by atoms with E-state index in [-0.39, 0.29) is 37.6 Å². The normalized spacial score (nSPS) is 12.0. The van der Waals surface area contributed by atoms with Crippen molar-refractivity contribution >= 4 is 32.7 Å². The molecule has 0 amide bonds. The standard InChI is InChI=1S/C40H36N3O2.Pt/c1-39(2,3)27-13-18-33-31(22-27)29-15-14-28(45-37-21-16-30-32(40(4,5)6)17-19-35(44)38(30)42-37)23-34(29)43(33)36-20-12-26(24-41-36)25-10-8-7-9-11-25;/h7-22,24,44H,1-6H3;/q-1;. The Bertz CT molecular complexity index is 2210. The number of benzene rings is 4. The molecule has 0 saturated heterocycles. The fourth-order valence-corrected chi connectivity index (χ4v) is 6.02. The molecule has 6 heteroatoms. The summed E-state index contributed by atoms with van der Waals surface area (Å²) in [6, 6.07) is 36.1. The molecule has 0 fully saturated rings. The van der Waals surface area contributed by atoms with E-state index in [9.17, 15) is 5.11 Å². The smallest absolute Gasteiger partial charge is 0.217 e. The van der Waals surface area contributed by atoms with Crippen molar-refractivity contribution in [1.82, 2.24) is 14.5 Å². The molecule has 0 radical (unpaired) electrons. The molecule has 4 aromatic carbocycles. The molecule has 46 heavy (non-hydrogen) atoms. The summed E-state index contributed by atoms with van der Waals surface area (Å²) in [5.41, 5.74) is 6.91. The number of phenols is 1. The molecule has 0 spiro atoms. The molecule has 7 rings (SSSR count). The van der Waals surface area contributed by atoms with Gasteiger partial charge in [-0.2, -0.15) is 6.07 Å². The predicted octanol–water partition coefficient (Wildman–Crippen LogP) is 10.3. The van der Waals surface area contributed by atoms with Crippen LogP contribution in [0, 0.1) is 6.07 Å². The van der Waals surface area contributed by atoms with Crippen molar-refractivity contribution in [2.45, 2.75) is 52.4 Å². The second kappa shape index (κ2) is 11.7. The minimum atomic E-state index is -0.0948. The predicted molar refractivity (Wildman–Crippen MR) is 184 cm³/mol. The first kappa shape index (κ1) is 31.5. The summed E-state index contributed by atoms with van der Waals surface area (Å²) in [6.45, 7) is 13.2. The van der Waals surface area contributed by atoms with Gasteiger partial charge in [0.05, 0.1) is 0 Å². The van der Waals surface area contributed by atoms with Gasteiger partial charge in [0.1, 0.15) is 17.1 Å². The maximum absolute atomic E-state index is 10.7. The SMILES string of the molecule is CC(C)(C)c1ccc2c(c1)c1ccc(Oc3ccc4c(C(C)(C)C)ccc(O)c4n3)[c-]c1n2-c1ccc(-c2ccccc2)cn1.[Pt]. The molecule has 0 aliphatic carbocycles. The van der Waals surface area contributed by atoms with E-state index in [4.69, 9.17) is 14.7 Å². The first-order chi connectivity index (χ1) is 21.5. The van der Waals surface area contributed by atoms with Crippen molar-refractivity contribution in [3.63, 3.8) is 0 Å². The third-order valence-corrected chi connectivity index (χ3v) is 8.43. The van der Waals surface area contributed by atoms with Crippen LogP contribution in [0.5, 0.6) is 17.4 Å². The molecule has 234 valence electrons. The van der Waals surface area contributed by atoms with E-state index in [1.54, 1.807) is 6.07 Å². The van der Waals surface area contributed by atoms with Crippen molar-refractivity contribution in [2.24, 2.45) is 0 Å². The van der Waals surface area contributed by atoms with Gasteiger partial charge in [0.15, 0.2) is 0 Å². The van der Waals surface area contributed by atoms with E-state index in [1.807, 2.05) is 48.7 Å². The molecule has 5 nitrogen and oxygen atoms in total. The van der Waals surface area contributed by atoms with Crippen LogP contribution >= 0.6 is 0 Å². The molecule has 7 aromatic rings. The zero-order valence-electron chi connectivity index (χ0n) is 26.8. The Morgan fingerprint density at radius 2 is 1.48 bits per heavy atom. The van der Waals surface area contributed by atoms with Crippen molar-refractivity contribution < 1.29 is 30.9 Å². The number of aromatic nitrogens is 3. The van der Waals surface area contributed by atoms with Crippen LogP contribution in [0.15, 0.2) is 103 Å². The van der Waals surface area contributed by atoms with Gasteiger partial charge >= 0.3 is 0 Å². The fourth-order valence-electron chi connectivity index (χ4n) is 6.02. The van der Waals surface area contributed by atoms with Gasteiger partial charge in [-0.3, -0.25) is 0 Å². The average molecular weight is 786 g/mol. The molecule has 3 heterocycles. The first-order valence-electron chi connectivity index (χ1n) is 15.3. The molecule has 0 saturated carbocycles. The second-order valence-electron chi connectivity index (χ2n) is 13.7. The Morgan fingerprint density at radius 3 is 2.17 bits per heavy atom. The van der Waals surface area contributed by atoms with E-state index in [0.717, 1.165) is 49.7 Å². The summed E-state index contributed by atoms with van der Waals surface area (Å²) in [5.74, 6) is 1.85. The summed E-state index contributed by atoms with van der Waals surface area (Å²) >= 11 is 0. The Balaban J connectivity index is 0.00000372. The summed E-state index contributed by atoms with van der Waals surface area (Å²) in [7, 11) is 0. The molecular formula is C40H36N3O2Pt-. The summed E-state index contributed by atoms with van der Waals surface area (Å²) in [5, 5.41) is 13.8. The Hall–Kier alpha value is -4.47. The van der Waals surface area contributed by atoms with Crippen molar-refractivity contribution in [3.05, 3.63) is 120 Å². The minimum absolute atomic E-state index is 0. The summed E-state index contributed by atoms with van der Waals surface area (Å²) in [6.07, 6.45) is 1.92. The molecular weight excluding hydrogens is 750 g/mol. The number of aromatic hydroxyl groups is 1. The monoisotopic (exact) mass is 785 g/mol. The van der Waals surface area contributed by atoms with Gasteiger partial charge in [-0.25, -0.2) is 9.97 Å². The van der Waals surface area contributed by atoms with Gasteiger partial charge in [0, 0.05) is 55.5 Å². The van der Waals surface area contributed by atoms with Crippen LogP contribution in [-0.2, 0) is 31.9 Å². The number of ether oxygens (including phenoxy) is 1. The number of fused-ring (bicyclic) bond motifs is 4. The van der Waals surface area contributed by atoms with E-state index < -0.39 is 0 Å². The van der Waals surface area contributed by atoms with Crippen LogP contribution in [0.2, 0.25) is 0 Å². The quantitative estimate of drug-likeness (QED) is 0.181. The minimum Gasteiger partial charge on any atom is -0.506 e. The van der Waals surface area contributed by atoms with Gasteiger partial charge in [0.25, 0.3) is 0 Å². The Labute approximate surface area is 284 Å². The zero-order valence-corrected chi connectivity index (χ0v) is 29.1.